The van der Waals surface area contributed by atoms with Gasteiger partial charge in [0.05, 0.1) is 12.5 Å². The van der Waals surface area contributed by atoms with Crippen molar-refractivity contribution in [3.8, 4) is 0 Å². The molecular formula is C8H10O3. The Kier molecular flexibility index (Phi) is 2.72. The van der Waals surface area contributed by atoms with E-state index in [1.165, 1.54) is 0 Å². The molecule has 0 radical (unpaired) electrons. The molecule has 0 fully saturated rings. The minimum Gasteiger partial charge on any atom is -0.472 e. The van der Waals surface area contributed by atoms with E-state index in [1.807, 2.05) is 0 Å². The molecule has 1 heterocycles. The molecule has 0 atom stereocenters. The minimum absolute atomic E-state index is 0.189. The van der Waals surface area contributed by atoms with Crippen molar-refractivity contribution in [2.45, 2.75) is 20.0 Å². The molecule has 0 aliphatic heterocycles. The van der Waals surface area contributed by atoms with Gasteiger partial charge in [-0.2, -0.15) is 0 Å². The van der Waals surface area contributed by atoms with E-state index in [2.05, 4.69) is 0 Å². The highest BCUT2D eigenvalue weighted by Crippen LogP contribution is 2.02. The summed E-state index contributed by atoms with van der Waals surface area (Å²) in [5, 5.41) is 0. The summed E-state index contributed by atoms with van der Waals surface area (Å²) in [5.41, 5.74) is 0.881. The fourth-order valence-corrected chi connectivity index (χ4v) is 0.641. The number of carbonyl (C=O) groups is 1. The second kappa shape index (κ2) is 3.81. The molecule has 3 nitrogen and oxygen atoms in total. The van der Waals surface area contributed by atoms with Crippen LogP contribution in [0.5, 0.6) is 0 Å². The molecule has 0 aliphatic rings. The van der Waals surface area contributed by atoms with Gasteiger partial charge in [-0.3, -0.25) is 4.79 Å². The molecule has 0 spiro atoms. The van der Waals surface area contributed by atoms with Crippen molar-refractivity contribution in [3.05, 3.63) is 24.2 Å². The maximum atomic E-state index is 10.7. The van der Waals surface area contributed by atoms with Gasteiger partial charge in [0.25, 0.3) is 0 Å². The molecule has 11 heavy (non-hydrogen) atoms. The second-order valence-electron chi connectivity index (χ2n) is 2.15. The number of rotatable bonds is 3. The zero-order valence-electron chi connectivity index (χ0n) is 6.37. The van der Waals surface area contributed by atoms with Gasteiger partial charge in [0.1, 0.15) is 6.61 Å². The molecule has 1 aromatic heterocycles. The number of carbonyl (C=O) groups excluding carboxylic acids is 1. The molecule has 60 valence electrons. The van der Waals surface area contributed by atoms with Gasteiger partial charge in [0, 0.05) is 12.0 Å². The lowest BCUT2D eigenvalue weighted by molar-refractivity contribution is -0.144. The van der Waals surface area contributed by atoms with Crippen LogP contribution in [-0.4, -0.2) is 5.97 Å². The summed E-state index contributed by atoms with van der Waals surface area (Å²) >= 11 is 0. The first-order valence-electron chi connectivity index (χ1n) is 3.49. The van der Waals surface area contributed by atoms with Crippen molar-refractivity contribution in [1.29, 1.82) is 0 Å². The van der Waals surface area contributed by atoms with Crippen LogP contribution in [0.2, 0.25) is 0 Å². The number of esters is 1. The molecule has 3 heteroatoms. The third kappa shape index (κ3) is 2.45. The van der Waals surface area contributed by atoms with Gasteiger partial charge in [-0.25, -0.2) is 0 Å². The molecule has 0 aliphatic carbocycles. The SMILES string of the molecule is CCC(=O)OCc1ccoc1. The van der Waals surface area contributed by atoms with E-state index in [9.17, 15) is 4.79 Å². The van der Waals surface area contributed by atoms with Gasteiger partial charge in [0.2, 0.25) is 0 Å². The summed E-state index contributed by atoms with van der Waals surface area (Å²) in [6.07, 6.45) is 3.52. The smallest absolute Gasteiger partial charge is 0.305 e. The lowest BCUT2D eigenvalue weighted by Gasteiger charge is -1.98. The third-order valence-corrected chi connectivity index (χ3v) is 1.27. The van der Waals surface area contributed by atoms with E-state index in [1.54, 1.807) is 25.5 Å². The van der Waals surface area contributed by atoms with Gasteiger partial charge in [0.15, 0.2) is 0 Å². The van der Waals surface area contributed by atoms with Gasteiger partial charge in [-0.1, -0.05) is 6.92 Å². The van der Waals surface area contributed by atoms with Crippen molar-refractivity contribution in [2.75, 3.05) is 0 Å². The van der Waals surface area contributed by atoms with Crippen LogP contribution >= 0.6 is 0 Å². The molecule has 0 bridgehead atoms. The standard InChI is InChI=1S/C8H10O3/c1-2-8(9)11-6-7-3-4-10-5-7/h3-5H,2,6H2,1H3. The van der Waals surface area contributed by atoms with E-state index < -0.39 is 0 Å². The zero-order valence-corrected chi connectivity index (χ0v) is 6.37. The number of ether oxygens (including phenoxy) is 1. The van der Waals surface area contributed by atoms with Crippen LogP contribution in [0.15, 0.2) is 23.0 Å². The van der Waals surface area contributed by atoms with Gasteiger partial charge in [-0.05, 0) is 6.07 Å². The second-order valence-corrected chi connectivity index (χ2v) is 2.15. The van der Waals surface area contributed by atoms with Crippen LogP contribution in [-0.2, 0) is 16.1 Å². The molecule has 1 aromatic rings. The Labute approximate surface area is 65.0 Å². The summed E-state index contributed by atoms with van der Waals surface area (Å²) in [6.45, 7) is 2.07. The molecular weight excluding hydrogens is 144 g/mol. The summed E-state index contributed by atoms with van der Waals surface area (Å²) in [6, 6.07) is 1.77. The van der Waals surface area contributed by atoms with Gasteiger partial charge >= 0.3 is 5.97 Å². The molecule has 0 N–H and O–H groups in total. The van der Waals surface area contributed by atoms with Gasteiger partial charge in [-0.15, -0.1) is 0 Å². The highest BCUT2D eigenvalue weighted by molar-refractivity contribution is 5.68. The van der Waals surface area contributed by atoms with E-state index >= 15 is 0 Å². The monoisotopic (exact) mass is 154 g/mol. The molecule has 0 saturated heterocycles. The Bertz CT molecular complexity index is 213. The summed E-state index contributed by atoms with van der Waals surface area (Å²) < 4.78 is 9.63. The fourth-order valence-electron chi connectivity index (χ4n) is 0.641. The fraction of sp³-hybridized carbons (Fsp3) is 0.375. The lowest BCUT2D eigenvalue weighted by atomic mass is 10.4. The Balaban J connectivity index is 2.29. The van der Waals surface area contributed by atoms with Crippen LogP contribution in [0.1, 0.15) is 18.9 Å². The predicted molar refractivity (Wildman–Crippen MR) is 38.8 cm³/mol. The quantitative estimate of drug-likeness (QED) is 0.622. The lowest BCUT2D eigenvalue weighted by Crippen LogP contribution is -2.01. The predicted octanol–water partition coefficient (Wildman–Crippen LogP) is 1.73. The van der Waals surface area contributed by atoms with Crippen LogP contribution in [0.4, 0.5) is 0 Å². The highest BCUT2D eigenvalue weighted by Gasteiger charge is 1.99. The van der Waals surface area contributed by atoms with E-state index in [-0.39, 0.29) is 5.97 Å². The summed E-state index contributed by atoms with van der Waals surface area (Å²) in [7, 11) is 0. The normalized spacial score (nSPS) is 9.55. The van der Waals surface area contributed by atoms with Crippen LogP contribution < -0.4 is 0 Å². The molecule has 0 saturated carbocycles. The van der Waals surface area contributed by atoms with E-state index in [0.29, 0.717) is 13.0 Å². The minimum atomic E-state index is -0.189. The first-order chi connectivity index (χ1) is 5.33. The first kappa shape index (κ1) is 7.85. The Hall–Kier alpha value is -1.25. The Morgan fingerprint density at radius 2 is 2.55 bits per heavy atom. The number of hydrogen-bond donors (Lipinski definition) is 0. The topological polar surface area (TPSA) is 39.4 Å². The molecule has 0 amide bonds. The van der Waals surface area contributed by atoms with Crippen molar-refractivity contribution >= 4 is 5.97 Å². The maximum absolute atomic E-state index is 10.7. The average molecular weight is 154 g/mol. The van der Waals surface area contributed by atoms with Crippen LogP contribution in [0.25, 0.3) is 0 Å². The molecule has 0 unspecified atom stereocenters. The van der Waals surface area contributed by atoms with Crippen molar-refractivity contribution in [2.24, 2.45) is 0 Å². The number of hydrogen-bond acceptors (Lipinski definition) is 3. The van der Waals surface area contributed by atoms with Crippen molar-refractivity contribution in [3.63, 3.8) is 0 Å². The number of furan rings is 1. The molecule has 1 rings (SSSR count). The largest absolute Gasteiger partial charge is 0.472 e. The summed E-state index contributed by atoms with van der Waals surface area (Å²) in [4.78, 5) is 10.7. The Morgan fingerprint density at radius 1 is 1.73 bits per heavy atom. The van der Waals surface area contributed by atoms with Gasteiger partial charge < -0.3 is 9.15 Å². The highest BCUT2D eigenvalue weighted by atomic mass is 16.5. The third-order valence-electron chi connectivity index (χ3n) is 1.27. The Morgan fingerprint density at radius 3 is 3.09 bits per heavy atom. The van der Waals surface area contributed by atoms with E-state index in [4.69, 9.17) is 9.15 Å². The van der Waals surface area contributed by atoms with Crippen molar-refractivity contribution < 1.29 is 13.9 Å². The zero-order chi connectivity index (χ0) is 8.10. The average Bonchev–Trinajstić information content (AvgIpc) is 2.52. The molecule has 0 aromatic carbocycles. The van der Waals surface area contributed by atoms with Crippen LogP contribution in [0.3, 0.4) is 0 Å². The van der Waals surface area contributed by atoms with E-state index in [0.717, 1.165) is 5.56 Å². The summed E-state index contributed by atoms with van der Waals surface area (Å²) in [5.74, 6) is -0.189. The van der Waals surface area contributed by atoms with Crippen LogP contribution in [0, 0.1) is 0 Å². The first-order valence-corrected chi connectivity index (χ1v) is 3.49. The maximum Gasteiger partial charge on any atom is 0.305 e. The van der Waals surface area contributed by atoms with Crippen molar-refractivity contribution in [1.82, 2.24) is 0 Å².